The summed E-state index contributed by atoms with van der Waals surface area (Å²) in [6.07, 6.45) is 0. The zero-order valence-corrected chi connectivity index (χ0v) is 79.0. The van der Waals surface area contributed by atoms with Gasteiger partial charge in [0.2, 0.25) is 0 Å². The van der Waals surface area contributed by atoms with Crippen LogP contribution >= 0.6 is 0 Å². The number of hydrogen-bond donors (Lipinski definition) is 0. The molecule has 1 aromatic heterocycles. The van der Waals surface area contributed by atoms with Crippen LogP contribution in [0, 0.1) is 0 Å². The zero-order valence-electron chi connectivity index (χ0n) is 79.0. The molecule has 0 N–H and O–H groups in total. The number of anilines is 9. The summed E-state index contributed by atoms with van der Waals surface area (Å²) in [7, 11) is 0. The predicted octanol–water partition coefficient (Wildman–Crippen LogP) is 30.3. The van der Waals surface area contributed by atoms with E-state index in [-0.39, 0.29) is 35.1 Å². The predicted molar refractivity (Wildman–Crippen MR) is 576 cm³/mol. The van der Waals surface area contributed by atoms with E-state index in [2.05, 4.69) is 503 Å². The lowest BCUT2D eigenvalue weighted by Gasteiger charge is -2.46. The van der Waals surface area contributed by atoms with Crippen molar-refractivity contribution in [2.75, 3.05) is 14.7 Å². The molecular formula is C129H102B2N4O. The van der Waals surface area contributed by atoms with Crippen molar-refractivity contribution in [2.24, 2.45) is 0 Å². The lowest BCUT2D eigenvalue weighted by Crippen LogP contribution is -2.64. The Balaban J connectivity index is 0.796. The van der Waals surface area contributed by atoms with E-state index in [9.17, 15) is 0 Å². The molecule has 26 rings (SSSR count). The molecule has 0 saturated carbocycles. The van der Waals surface area contributed by atoms with Crippen LogP contribution < -0.4 is 52.2 Å². The molecule has 0 saturated heterocycles. The van der Waals surface area contributed by atoms with Gasteiger partial charge in [0.1, 0.15) is 11.5 Å². The zero-order chi connectivity index (χ0) is 91.9. The Hall–Kier alpha value is -15.4. The molecule has 1 spiro atoms. The van der Waals surface area contributed by atoms with Crippen molar-refractivity contribution in [2.45, 2.75) is 110 Å². The minimum atomic E-state index is -0.595. The first kappa shape index (κ1) is 81.3. The number of rotatable bonds is 9. The van der Waals surface area contributed by atoms with Gasteiger partial charge in [-0.05, 0) is 257 Å². The lowest BCUT2D eigenvalue weighted by atomic mass is 9.30. The van der Waals surface area contributed by atoms with Gasteiger partial charge in [0.15, 0.2) is 0 Å². The van der Waals surface area contributed by atoms with E-state index >= 15 is 0 Å². The van der Waals surface area contributed by atoms with Crippen molar-refractivity contribution >= 4 is 130 Å². The molecule has 7 heteroatoms. The number of ether oxygens (including phenoxy) is 1. The van der Waals surface area contributed by atoms with Gasteiger partial charge in [-0.2, -0.15) is 0 Å². The van der Waals surface area contributed by atoms with Crippen LogP contribution in [-0.2, 0) is 27.1 Å². The third kappa shape index (κ3) is 12.1. The van der Waals surface area contributed by atoms with Crippen LogP contribution in [0.5, 0.6) is 11.5 Å². The highest BCUT2D eigenvalue weighted by Crippen LogP contribution is 2.66. The molecule has 19 aromatic carbocycles. The van der Waals surface area contributed by atoms with E-state index in [1.54, 1.807) is 0 Å². The molecule has 136 heavy (non-hydrogen) atoms. The van der Waals surface area contributed by atoms with Gasteiger partial charge in [-0.1, -0.05) is 380 Å². The average molecular weight is 1750 g/mol. The summed E-state index contributed by atoms with van der Waals surface area (Å²) in [6.45, 7) is 27.6. The van der Waals surface area contributed by atoms with Crippen molar-refractivity contribution in [3.8, 4) is 95.1 Å². The first-order valence-electron chi connectivity index (χ1n) is 48.4. The highest BCUT2D eigenvalue weighted by atomic mass is 16.5. The number of nitrogens with zero attached hydrogens (tertiary/aromatic N) is 4. The fourth-order valence-electron chi connectivity index (χ4n) is 24.1. The number of fused-ring (bicyclic) bond motifs is 23. The molecule has 5 heterocycles. The van der Waals surface area contributed by atoms with Gasteiger partial charge < -0.3 is 24.0 Å². The fraction of sp³-hybridized carbons (Fsp3) is 0.132. The second kappa shape index (κ2) is 29.8. The van der Waals surface area contributed by atoms with Crippen LogP contribution in [0.2, 0.25) is 0 Å². The first-order valence-corrected chi connectivity index (χ1v) is 48.4. The second-order valence-electron chi connectivity index (χ2n) is 42.6. The molecule has 650 valence electrons. The van der Waals surface area contributed by atoms with Crippen LogP contribution in [-0.4, -0.2) is 18.0 Å². The molecule has 0 unspecified atom stereocenters. The van der Waals surface area contributed by atoms with Gasteiger partial charge in [-0.15, -0.1) is 0 Å². The number of aromatic nitrogens is 1. The van der Waals surface area contributed by atoms with Crippen molar-refractivity contribution < 1.29 is 4.74 Å². The van der Waals surface area contributed by atoms with Crippen molar-refractivity contribution in [3.05, 3.63) is 445 Å². The normalized spacial score (nSPS) is 13.9. The summed E-state index contributed by atoms with van der Waals surface area (Å²) in [5.74, 6) is 1.63. The highest BCUT2D eigenvalue weighted by Gasteiger charge is 2.54. The Morgan fingerprint density at radius 2 is 0.647 bits per heavy atom. The van der Waals surface area contributed by atoms with E-state index in [1.165, 1.54) is 105 Å². The Bertz CT molecular complexity index is 8180. The Kier molecular flexibility index (Phi) is 17.8. The largest absolute Gasteiger partial charge is 0.458 e. The SMILES string of the molecule is CC(C)(C)c1cc(-c2ccccc2)c(N2c3cc4c(cc3B3c5ccccc5N(c5ccccc5)c5cc(-n6c7ccc(C(C)(C)C)cc7c7cc(C(C)(C)C)ccc76)cc2c53)B2c3ccccc3N(c3c(-c5ccccc5)cc(C(C)(C)C)cc3-c3ccccc3)c3c2c(cc2cc(-c5cccc6c5C5(c7ccccc7-c7ccccc75)c5ccccc5-6)ccc32)O4)c(-c2ccccc2)c1. The van der Waals surface area contributed by atoms with Crippen LogP contribution in [0.1, 0.15) is 128 Å². The van der Waals surface area contributed by atoms with E-state index in [0.717, 1.165) is 151 Å². The van der Waals surface area contributed by atoms with Crippen LogP contribution in [0.3, 0.4) is 0 Å². The number of benzene rings is 19. The topological polar surface area (TPSA) is 23.9 Å². The number of hydrogen-bond acceptors (Lipinski definition) is 4. The van der Waals surface area contributed by atoms with Crippen molar-refractivity contribution in [1.82, 2.24) is 4.57 Å². The maximum absolute atomic E-state index is 8.50. The van der Waals surface area contributed by atoms with E-state index in [0.29, 0.717) is 0 Å². The molecule has 2 aliphatic carbocycles. The smallest absolute Gasteiger partial charge is 0.256 e. The lowest BCUT2D eigenvalue weighted by molar-refractivity contribution is 0.488. The van der Waals surface area contributed by atoms with Gasteiger partial charge >= 0.3 is 0 Å². The van der Waals surface area contributed by atoms with Crippen LogP contribution in [0.4, 0.5) is 51.2 Å². The van der Waals surface area contributed by atoms with Gasteiger partial charge in [-0.3, -0.25) is 0 Å². The molecule has 0 bridgehead atoms. The quantitative estimate of drug-likeness (QED) is 0.134. The first-order chi connectivity index (χ1) is 66.0. The second-order valence-corrected chi connectivity index (χ2v) is 42.6. The summed E-state index contributed by atoms with van der Waals surface area (Å²) in [5, 5.41) is 4.67. The summed E-state index contributed by atoms with van der Waals surface area (Å²) in [4.78, 5) is 8.00. The molecule has 5 nitrogen and oxygen atoms in total. The Morgan fingerprint density at radius 3 is 1.14 bits per heavy atom. The summed E-state index contributed by atoms with van der Waals surface area (Å²) < 4.78 is 11.1. The Morgan fingerprint density at radius 1 is 0.235 bits per heavy atom. The van der Waals surface area contributed by atoms with Gasteiger partial charge in [0.25, 0.3) is 13.4 Å². The molecule has 20 aromatic rings. The summed E-state index contributed by atoms with van der Waals surface area (Å²) in [6, 6.07) is 154. The van der Waals surface area contributed by atoms with Crippen LogP contribution in [0.25, 0.3) is 116 Å². The molecular weight excluding hydrogens is 1640 g/mol. The maximum Gasteiger partial charge on any atom is 0.256 e. The molecule has 0 radical (unpaired) electrons. The van der Waals surface area contributed by atoms with E-state index < -0.39 is 5.41 Å². The third-order valence-corrected chi connectivity index (χ3v) is 30.6. The molecule has 0 fully saturated rings. The monoisotopic (exact) mass is 1740 g/mol. The fourth-order valence-corrected chi connectivity index (χ4v) is 24.1. The highest BCUT2D eigenvalue weighted by molar-refractivity contribution is 7.03. The summed E-state index contributed by atoms with van der Waals surface area (Å²) in [5.41, 5.74) is 45.9. The Labute approximate surface area is 798 Å². The molecule has 4 aliphatic heterocycles. The minimum absolute atomic E-state index is 0.107. The van der Waals surface area contributed by atoms with E-state index in [1.807, 2.05) is 0 Å². The molecule has 0 atom stereocenters. The summed E-state index contributed by atoms with van der Waals surface area (Å²) >= 11 is 0. The molecule has 0 amide bonds. The number of para-hydroxylation sites is 3. The van der Waals surface area contributed by atoms with Crippen molar-refractivity contribution in [3.63, 3.8) is 0 Å². The van der Waals surface area contributed by atoms with Gasteiger partial charge in [0.05, 0.1) is 39.2 Å². The van der Waals surface area contributed by atoms with Crippen LogP contribution in [0.15, 0.2) is 400 Å². The maximum atomic E-state index is 8.50. The third-order valence-electron chi connectivity index (χ3n) is 30.6. The van der Waals surface area contributed by atoms with E-state index in [4.69, 9.17) is 4.74 Å². The average Bonchev–Trinajstić information content (AvgIpc) is 1.44. The molecule has 6 aliphatic rings. The standard InChI is InChI=1S/C129H102B2N4O/c1-125(2,3)85-62-65-110-101(69-85)102-70-86(126(4,5)6)63-66-111(102)133(110)90-75-115-120-116(76-90)134(122-97(79-39-18-13-19-40-79)71-87(127(7,8)9)72-98(122)80-41-20-14-21-42-80)114-78-117-109(77-108(114)130(120)106-57-34-36-59-112(106)132(115)89-47-26-17-27-48-89)131-107-58-35-37-60-113(107)135(123-99(81-43-22-15-23-44-81)73-88(128(10,11)12)74-100(123)82-45-24-16-25-46-82)124-92-64-61-83(67-84(92)68-118(136-117)121(124)131)91-52-38-53-96-95-51-30-33-56-105(95)129(119(91)96)103-54-31-28-49-93(103)94-50-29-32-55-104(94)129/h13-78H,1-12H3. The minimum Gasteiger partial charge on any atom is -0.458 e. The van der Waals surface area contributed by atoms with Gasteiger partial charge in [0, 0.05) is 78.6 Å². The van der Waals surface area contributed by atoms with Gasteiger partial charge in [-0.25, -0.2) is 0 Å². The van der Waals surface area contributed by atoms with Crippen molar-refractivity contribution in [1.29, 1.82) is 0 Å².